The van der Waals surface area contributed by atoms with Gasteiger partial charge in [0.25, 0.3) is 0 Å². The Morgan fingerprint density at radius 3 is 2.44 bits per heavy atom. The van der Waals surface area contributed by atoms with E-state index in [-0.39, 0.29) is 5.75 Å². The minimum Gasteiger partial charge on any atom is -0.435 e. The Morgan fingerprint density at radius 2 is 1.80 bits per heavy atom. The van der Waals surface area contributed by atoms with Crippen LogP contribution in [0.3, 0.4) is 0 Å². The molecule has 4 nitrogen and oxygen atoms in total. The van der Waals surface area contributed by atoms with Crippen molar-refractivity contribution in [3.8, 4) is 5.75 Å². The molecular formula is C18H21F2N3OS. The Kier molecular flexibility index (Phi) is 7.40. The van der Waals surface area contributed by atoms with Crippen LogP contribution < -0.4 is 20.3 Å². The van der Waals surface area contributed by atoms with Crippen molar-refractivity contribution in [3.63, 3.8) is 0 Å². The molecule has 134 valence electrons. The second-order valence-electron chi connectivity index (χ2n) is 5.39. The van der Waals surface area contributed by atoms with Crippen LogP contribution in [0.1, 0.15) is 6.42 Å². The molecule has 0 saturated heterocycles. The van der Waals surface area contributed by atoms with E-state index in [2.05, 4.69) is 39.5 Å². The average molecular weight is 365 g/mol. The van der Waals surface area contributed by atoms with E-state index in [1.807, 2.05) is 18.2 Å². The number of para-hydroxylation sites is 1. The van der Waals surface area contributed by atoms with Crippen LogP contribution in [0.4, 0.5) is 20.2 Å². The van der Waals surface area contributed by atoms with Gasteiger partial charge in [0.2, 0.25) is 0 Å². The largest absolute Gasteiger partial charge is 0.435 e. The number of alkyl halides is 2. The molecule has 0 unspecified atom stereocenters. The van der Waals surface area contributed by atoms with Crippen LogP contribution >= 0.6 is 12.2 Å². The van der Waals surface area contributed by atoms with Crippen molar-refractivity contribution in [2.24, 2.45) is 0 Å². The summed E-state index contributed by atoms with van der Waals surface area (Å²) in [4.78, 5) is 2.18. The highest BCUT2D eigenvalue weighted by atomic mass is 32.1. The highest BCUT2D eigenvalue weighted by molar-refractivity contribution is 7.80. The standard InChI is InChI=1S/C18H21F2N3OS/c1-23(15-6-3-2-4-7-15)13-5-12-21-18(25)22-14-8-10-16(11-9-14)24-17(19)20/h2-4,6-11,17H,5,12-13H2,1H3,(H2,21,22,25). The number of hydrogen-bond donors (Lipinski definition) is 2. The molecule has 2 rings (SSSR count). The second-order valence-corrected chi connectivity index (χ2v) is 5.80. The molecule has 2 N–H and O–H groups in total. The zero-order valence-electron chi connectivity index (χ0n) is 13.9. The van der Waals surface area contributed by atoms with Gasteiger partial charge < -0.3 is 20.3 Å². The molecular weight excluding hydrogens is 344 g/mol. The summed E-state index contributed by atoms with van der Waals surface area (Å²) < 4.78 is 28.5. The van der Waals surface area contributed by atoms with Crippen molar-refractivity contribution < 1.29 is 13.5 Å². The van der Waals surface area contributed by atoms with Crippen molar-refractivity contribution in [2.75, 3.05) is 30.4 Å². The van der Waals surface area contributed by atoms with Gasteiger partial charge in [-0.2, -0.15) is 8.78 Å². The highest BCUT2D eigenvalue weighted by Crippen LogP contribution is 2.17. The van der Waals surface area contributed by atoms with E-state index < -0.39 is 6.61 Å². The van der Waals surface area contributed by atoms with E-state index in [4.69, 9.17) is 12.2 Å². The molecule has 0 saturated carbocycles. The summed E-state index contributed by atoms with van der Waals surface area (Å²) in [6.45, 7) is -1.19. The summed E-state index contributed by atoms with van der Waals surface area (Å²) in [6.07, 6.45) is 0.925. The molecule has 0 aliphatic rings. The highest BCUT2D eigenvalue weighted by Gasteiger charge is 2.04. The Bertz CT molecular complexity index is 653. The lowest BCUT2D eigenvalue weighted by atomic mass is 10.3. The quantitative estimate of drug-likeness (QED) is 0.544. The predicted octanol–water partition coefficient (Wildman–Crippen LogP) is 4.10. The molecule has 7 heteroatoms. The van der Waals surface area contributed by atoms with Gasteiger partial charge in [0.1, 0.15) is 5.75 Å². The van der Waals surface area contributed by atoms with Crippen LogP contribution in [0, 0.1) is 0 Å². The first-order valence-electron chi connectivity index (χ1n) is 7.90. The molecule has 0 bridgehead atoms. The van der Waals surface area contributed by atoms with Crippen LogP contribution in [0.15, 0.2) is 54.6 Å². The number of benzene rings is 2. The second kappa shape index (κ2) is 9.78. The molecule has 0 aromatic heterocycles. The van der Waals surface area contributed by atoms with Gasteiger partial charge in [-0.3, -0.25) is 0 Å². The van der Waals surface area contributed by atoms with Crippen molar-refractivity contribution >= 4 is 28.7 Å². The first kappa shape index (κ1) is 18.9. The molecule has 0 spiro atoms. The molecule has 25 heavy (non-hydrogen) atoms. The van der Waals surface area contributed by atoms with Crippen LogP contribution in [0.5, 0.6) is 5.75 Å². The minimum absolute atomic E-state index is 0.114. The van der Waals surface area contributed by atoms with E-state index in [0.29, 0.717) is 10.8 Å². The molecule has 2 aromatic carbocycles. The van der Waals surface area contributed by atoms with Gasteiger partial charge >= 0.3 is 6.61 Å². The van der Waals surface area contributed by atoms with E-state index in [1.54, 1.807) is 12.1 Å². The van der Waals surface area contributed by atoms with Gasteiger partial charge in [0.15, 0.2) is 5.11 Å². The fourth-order valence-corrected chi connectivity index (χ4v) is 2.44. The molecule has 0 aliphatic carbocycles. The number of nitrogens with zero attached hydrogens (tertiary/aromatic N) is 1. The molecule has 0 radical (unpaired) electrons. The van der Waals surface area contributed by atoms with Gasteiger partial charge in [0.05, 0.1) is 0 Å². The first-order valence-corrected chi connectivity index (χ1v) is 8.31. The van der Waals surface area contributed by atoms with Crippen LogP contribution in [0.25, 0.3) is 0 Å². The number of rotatable bonds is 8. The lowest BCUT2D eigenvalue weighted by molar-refractivity contribution is -0.0498. The van der Waals surface area contributed by atoms with Crippen molar-refractivity contribution in [2.45, 2.75) is 13.0 Å². The maximum absolute atomic E-state index is 12.1. The van der Waals surface area contributed by atoms with Crippen molar-refractivity contribution in [3.05, 3.63) is 54.6 Å². The topological polar surface area (TPSA) is 36.5 Å². The zero-order chi connectivity index (χ0) is 18.1. The molecule has 0 fully saturated rings. The van der Waals surface area contributed by atoms with Gasteiger partial charge in [-0.05, 0) is 55.0 Å². The van der Waals surface area contributed by atoms with Gasteiger partial charge in [0, 0.05) is 31.5 Å². The molecule has 0 aliphatic heterocycles. The van der Waals surface area contributed by atoms with Gasteiger partial charge in [-0.15, -0.1) is 0 Å². The number of halogens is 2. The monoisotopic (exact) mass is 365 g/mol. The third-order valence-corrected chi connectivity index (χ3v) is 3.74. The number of nitrogens with one attached hydrogen (secondary N) is 2. The number of ether oxygens (including phenoxy) is 1. The SMILES string of the molecule is CN(CCCNC(=S)Nc1ccc(OC(F)F)cc1)c1ccccc1. The van der Waals surface area contributed by atoms with Crippen molar-refractivity contribution in [1.82, 2.24) is 5.32 Å². The van der Waals surface area contributed by atoms with E-state index in [9.17, 15) is 8.78 Å². The molecule has 2 aromatic rings. The molecule has 0 heterocycles. The number of hydrogen-bond acceptors (Lipinski definition) is 3. The lowest BCUT2D eigenvalue weighted by Gasteiger charge is -2.19. The Morgan fingerprint density at radius 1 is 1.12 bits per heavy atom. The fraction of sp³-hybridized carbons (Fsp3) is 0.278. The molecule has 0 amide bonds. The normalized spacial score (nSPS) is 10.4. The third-order valence-electron chi connectivity index (χ3n) is 3.49. The van der Waals surface area contributed by atoms with E-state index in [0.717, 1.165) is 19.5 Å². The Hall–Kier alpha value is -2.41. The van der Waals surface area contributed by atoms with Crippen LogP contribution in [-0.2, 0) is 0 Å². The summed E-state index contributed by atoms with van der Waals surface area (Å²) >= 11 is 5.22. The summed E-state index contributed by atoms with van der Waals surface area (Å²) in [5.41, 5.74) is 1.88. The minimum atomic E-state index is -2.82. The average Bonchev–Trinajstić information content (AvgIpc) is 2.60. The summed E-state index contributed by atoms with van der Waals surface area (Å²) in [6, 6.07) is 16.4. The zero-order valence-corrected chi connectivity index (χ0v) is 14.7. The van der Waals surface area contributed by atoms with E-state index in [1.165, 1.54) is 17.8 Å². The van der Waals surface area contributed by atoms with Gasteiger partial charge in [-0.25, -0.2) is 0 Å². The third kappa shape index (κ3) is 6.93. The molecule has 0 atom stereocenters. The summed E-state index contributed by atoms with van der Waals surface area (Å²) in [7, 11) is 2.05. The predicted molar refractivity (Wildman–Crippen MR) is 102 cm³/mol. The number of thiocarbonyl (C=S) groups is 1. The Labute approximate surface area is 151 Å². The lowest BCUT2D eigenvalue weighted by Crippen LogP contribution is -2.31. The summed E-state index contributed by atoms with van der Waals surface area (Å²) in [5.74, 6) is 0.114. The fourth-order valence-electron chi connectivity index (χ4n) is 2.22. The Balaban J connectivity index is 1.67. The van der Waals surface area contributed by atoms with Crippen LogP contribution in [0.2, 0.25) is 0 Å². The van der Waals surface area contributed by atoms with E-state index >= 15 is 0 Å². The maximum atomic E-state index is 12.1. The smallest absolute Gasteiger partial charge is 0.387 e. The maximum Gasteiger partial charge on any atom is 0.387 e. The van der Waals surface area contributed by atoms with Gasteiger partial charge in [-0.1, -0.05) is 18.2 Å². The first-order chi connectivity index (χ1) is 12.0. The summed E-state index contributed by atoms with van der Waals surface area (Å²) in [5, 5.41) is 6.62. The van der Waals surface area contributed by atoms with Crippen molar-refractivity contribution in [1.29, 1.82) is 0 Å². The van der Waals surface area contributed by atoms with Crippen LogP contribution in [-0.4, -0.2) is 31.9 Å². The number of anilines is 2.